The second-order valence-electron chi connectivity index (χ2n) is 7.30. The predicted molar refractivity (Wildman–Crippen MR) is 106 cm³/mol. The van der Waals surface area contributed by atoms with Crippen LogP contribution in [-0.2, 0) is 0 Å². The minimum atomic E-state index is -1.06. The van der Waals surface area contributed by atoms with E-state index in [1.807, 2.05) is 6.92 Å². The van der Waals surface area contributed by atoms with Gasteiger partial charge in [0.05, 0.1) is 12.3 Å². The van der Waals surface area contributed by atoms with Crippen LogP contribution < -0.4 is 10.6 Å². The van der Waals surface area contributed by atoms with E-state index in [2.05, 4.69) is 25.6 Å². The molecule has 1 radical (unpaired) electrons. The molecule has 0 amide bonds. The molecule has 1 aromatic carbocycles. The van der Waals surface area contributed by atoms with Crippen molar-refractivity contribution >= 4 is 28.7 Å². The van der Waals surface area contributed by atoms with Gasteiger partial charge in [0.15, 0.2) is 17.3 Å². The Bertz CT molecular complexity index is 1030. The van der Waals surface area contributed by atoms with Gasteiger partial charge in [0.1, 0.15) is 17.0 Å². The Hall–Kier alpha value is -2.88. The topological polar surface area (TPSA) is 87.9 Å². The number of rotatable bonds is 6. The largest absolute Gasteiger partial charge is 0.387 e. The van der Waals surface area contributed by atoms with E-state index in [-0.39, 0.29) is 12.0 Å². The van der Waals surface area contributed by atoms with Gasteiger partial charge in [-0.3, -0.25) is 4.57 Å². The van der Waals surface area contributed by atoms with Gasteiger partial charge in [0.25, 0.3) is 0 Å². The van der Waals surface area contributed by atoms with Gasteiger partial charge in [0.2, 0.25) is 11.9 Å². The third-order valence-electron chi connectivity index (χ3n) is 5.11. The number of aliphatic hydroxyl groups excluding tert-OH is 1. The Balaban J connectivity index is 1.79. The Morgan fingerprint density at radius 1 is 1.13 bits per heavy atom. The number of aliphatic hydroxyl groups is 1. The first-order chi connectivity index (χ1) is 14.5. The standard InChI is InChI=1S/C20H22F3N6O/c1-2-7-24-19-25-10-16-18(28-19)29(12-3-5-13(30)6-4-12)20(26-16)27-17-14(22)8-11(21)9-15(17)23/h8-10,12,30H,2-7H2,1H3,(H,26,27)(H,24,25,28). The molecule has 3 N–H and O–H groups in total. The van der Waals surface area contributed by atoms with Gasteiger partial charge in [-0.15, -0.1) is 0 Å². The monoisotopic (exact) mass is 419 g/mol. The first kappa shape index (κ1) is 20.4. The smallest absolute Gasteiger partial charge is 0.224 e. The second kappa shape index (κ2) is 8.47. The quantitative estimate of drug-likeness (QED) is 0.531. The number of benzene rings is 1. The fourth-order valence-electron chi connectivity index (χ4n) is 3.61. The Kier molecular flexibility index (Phi) is 5.76. The lowest BCUT2D eigenvalue weighted by Gasteiger charge is -2.27. The van der Waals surface area contributed by atoms with Crippen molar-refractivity contribution in [3.05, 3.63) is 41.9 Å². The molecule has 10 heteroatoms. The van der Waals surface area contributed by atoms with Gasteiger partial charge in [-0.25, -0.2) is 23.1 Å². The van der Waals surface area contributed by atoms with E-state index in [1.165, 1.54) is 0 Å². The molecule has 0 spiro atoms. The molecule has 0 bridgehead atoms. The van der Waals surface area contributed by atoms with Gasteiger partial charge in [-0.1, -0.05) is 6.92 Å². The minimum Gasteiger partial charge on any atom is -0.387 e. The summed E-state index contributed by atoms with van der Waals surface area (Å²) in [5.41, 5.74) is 0.483. The van der Waals surface area contributed by atoms with Gasteiger partial charge < -0.3 is 15.7 Å². The van der Waals surface area contributed by atoms with Crippen molar-refractivity contribution in [2.24, 2.45) is 0 Å². The van der Waals surface area contributed by atoms with Crippen LogP contribution in [0.5, 0.6) is 0 Å². The summed E-state index contributed by atoms with van der Waals surface area (Å²) in [5, 5.41) is 15.6. The average Bonchev–Trinajstić information content (AvgIpc) is 3.07. The van der Waals surface area contributed by atoms with E-state index in [4.69, 9.17) is 0 Å². The highest BCUT2D eigenvalue weighted by atomic mass is 19.1. The fraction of sp³-hybridized carbons (Fsp3) is 0.400. The number of hydrogen-bond donors (Lipinski definition) is 3. The second-order valence-corrected chi connectivity index (χ2v) is 7.30. The molecule has 3 aromatic rings. The van der Waals surface area contributed by atoms with Crippen LogP contribution in [0.15, 0.2) is 18.3 Å². The first-order valence-corrected chi connectivity index (χ1v) is 9.90. The van der Waals surface area contributed by atoms with Gasteiger partial charge in [0, 0.05) is 24.7 Å². The van der Waals surface area contributed by atoms with Crippen molar-refractivity contribution in [3.8, 4) is 0 Å². The molecule has 0 saturated heterocycles. The summed E-state index contributed by atoms with van der Waals surface area (Å²) < 4.78 is 43.5. The zero-order valence-corrected chi connectivity index (χ0v) is 16.4. The van der Waals surface area contributed by atoms with Crippen LogP contribution in [0.2, 0.25) is 0 Å². The highest BCUT2D eigenvalue weighted by Gasteiger charge is 2.27. The maximum Gasteiger partial charge on any atom is 0.224 e. The normalized spacial score (nSPS) is 15.6. The number of nitrogens with one attached hydrogen (secondary N) is 2. The Morgan fingerprint density at radius 3 is 2.50 bits per heavy atom. The van der Waals surface area contributed by atoms with Crippen LogP contribution in [-0.4, -0.2) is 31.2 Å². The summed E-state index contributed by atoms with van der Waals surface area (Å²) in [5.74, 6) is -2.50. The molecule has 2 aromatic heterocycles. The third-order valence-corrected chi connectivity index (χ3v) is 5.11. The molecule has 0 unspecified atom stereocenters. The summed E-state index contributed by atoms with van der Waals surface area (Å²) in [4.78, 5) is 13.2. The van der Waals surface area contributed by atoms with Crippen molar-refractivity contribution in [1.82, 2.24) is 19.5 Å². The van der Waals surface area contributed by atoms with Crippen molar-refractivity contribution in [2.45, 2.75) is 45.1 Å². The SMILES string of the molecule is CCCNc1ncc2nc(Nc3c(F)cc(F)cc3F)n(C3CC[C](O)CC3)c2n1. The summed E-state index contributed by atoms with van der Waals surface area (Å²) in [6.07, 6.45) is 5.18. The van der Waals surface area contributed by atoms with E-state index < -0.39 is 23.1 Å². The van der Waals surface area contributed by atoms with Crippen LogP contribution in [0, 0.1) is 23.6 Å². The third kappa shape index (κ3) is 4.04. The molecule has 159 valence electrons. The lowest BCUT2D eigenvalue weighted by Crippen LogP contribution is -2.19. The summed E-state index contributed by atoms with van der Waals surface area (Å²) in [6.45, 7) is 2.72. The van der Waals surface area contributed by atoms with Crippen LogP contribution in [0.1, 0.15) is 45.1 Å². The van der Waals surface area contributed by atoms with Crippen molar-refractivity contribution in [2.75, 3.05) is 17.2 Å². The molecule has 0 aliphatic heterocycles. The predicted octanol–water partition coefficient (Wildman–Crippen LogP) is 4.83. The van der Waals surface area contributed by atoms with Crippen molar-refractivity contribution in [1.29, 1.82) is 0 Å². The number of halogens is 3. The van der Waals surface area contributed by atoms with Crippen molar-refractivity contribution < 1.29 is 18.3 Å². The number of hydrogen-bond acceptors (Lipinski definition) is 6. The highest BCUT2D eigenvalue weighted by molar-refractivity contribution is 5.76. The fourth-order valence-corrected chi connectivity index (χ4v) is 3.61. The summed E-state index contributed by atoms with van der Waals surface area (Å²) in [6, 6.07) is 1.13. The first-order valence-electron chi connectivity index (χ1n) is 9.90. The Morgan fingerprint density at radius 2 is 1.83 bits per heavy atom. The van der Waals surface area contributed by atoms with Crippen LogP contribution in [0.4, 0.5) is 30.8 Å². The van der Waals surface area contributed by atoms with E-state index in [1.54, 1.807) is 10.8 Å². The molecule has 4 rings (SSSR count). The molecule has 0 atom stereocenters. The zero-order valence-electron chi connectivity index (χ0n) is 16.4. The van der Waals surface area contributed by atoms with E-state index in [0.29, 0.717) is 67.6 Å². The van der Waals surface area contributed by atoms with Crippen LogP contribution in [0.3, 0.4) is 0 Å². The van der Waals surface area contributed by atoms with E-state index in [0.717, 1.165) is 6.42 Å². The number of nitrogens with zero attached hydrogens (tertiary/aromatic N) is 4. The highest BCUT2D eigenvalue weighted by Crippen LogP contribution is 2.37. The molecular weight excluding hydrogens is 397 g/mol. The zero-order chi connectivity index (χ0) is 21.3. The molecule has 1 aliphatic rings. The molecule has 1 saturated carbocycles. The molecule has 1 fully saturated rings. The minimum absolute atomic E-state index is 0.0890. The maximum atomic E-state index is 14.2. The van der Waals surface area contributed by atoms with E-state index >= 15 is 0 Å². The summed E-state index contributed by atoms with van der Waals surface area (Å²) in [7, 11) is 0. The van der Waals surface area contributed by atoms with E-state index in [9.17, 15) is 18.3 Å². The molecule has 30 heavy (non-hydrogen) atoms. The maximum absolute atomic E-state index is 14.2. The number of anilines is 3. The number of imidazole rings is 1. The lowest BCUT2D eigenvalue weighted by molar-refractivity contribution is 0.210. The van der Waals surface area contributed by atoms with Crippen LogP contribution >= 0.6 is 0 Å². The molecular formula is C20H22F3N6O. The molecule has 7 nitrogen and oxygen atoms in total. The number of fused-ring (bicyclic) bond motifs is 1. The van der Waals surface area contributed by atoms with Crippen molar-refractivity contribution in [3.63, 3.8) is 0 Å². The van der Waals surface area contributed by atoms with Gasteiger partial charge in [-0.05, 0) is 32.1 Å². The van der Waals surface area contributed by atoms with Crippen LogP contribution in [0.25, 0.3) is 11.2 Å². The number of aromatic nitrogens is 4. The average molecular weight is 419 g/mol. The molecule has 2 heterocycles. The van der Waals surface area contributed by atoms with Gasteiger partial charge >= 0.3 is 0 Å². The Labute approximate surface area is 171 Å². The van der Waals surface area contributed by atoms with Gasteiger partial charge in [-0.2, -0.15) is 4.98 Å². The lowest BCUT2D eigenvalue weighted by atomic mass is 9.93. The molecule has 1 aliphatic carbocycles. The summed E-state index contributed by atoms with van der Waals surface area (Å²) >= 11 is 0.